The average Bonchev–Trinajstić information content (AvgIpc) is 2.58. The third-order valence-corrected chi connectivity index (χ3v) is 4.43. The topological polar surface area (TPSA) is 108 Å². The largest absolute Gasteiger partial charge is 0.495 e. The second-order valence-corrected chi connectivity index (χ2v) is 6.39. The van der Waals surface area contributed by atoms with Crippen molar-refractivity contribution in [1.82, 2.24) is 4.72 Å². The van der Waals surface area contributed by atoms with Gasteiger partial charge in [0.25, 0.3) is 0 Å². The van der Waals surface area contributed by atoms with E-state index in [1.165, 1.54) is 25.3 Å². The summed E-state index contributed by atoms with van der Waals surface area (Å²) in [5.41, 5.74) is 0.449. The minimum absolute atomic E-state index is 0.0427. The summed E-state index contributed by atoms with van der Waals surface area (Å²) < 4.78 is 41.1. The van der Waals surface area contributed by atoms with E-state index in [9.17, 15) is 18.0 Å². The average molecular weight is 371 g/mol. The Morgan fingerprint density at radius 2 is 1.92 bits per heavy atom. The van der Waals surface area contributed by atoms with Crippen LogP contribution in [0.5, 0.6) is 5.75 Å². The Morgan fingerprint density at radius 3 is 2.52 bits per heavy atom. The van der Waals surface area contributed by atoms with Gasteiger partial charge in [0, 0.05) is 12.6 Å². The summed E-state index contributed by atoms with van der Waals surface area (Å²) >= 11 is 0. The maximum atomic E-state index is 12.2. The second-order valence-electron chi connectivity index (χ2n) is 4.66. The van der Waals surface area contributed by atoms with Crippen molar-refractivity contribution in [3.63, 3.8) is 0 Å². The van der Waals surface area contributed by atoms with Gasteiger partial charge in [0.2, 0.25) is 10.0 Å². The highest BCUT2D eigenvalue weighted by atomic mass is 32.2. The number of hydrogen-bond acceptors (Lipinski definition) is 7. The lowest BCUT2D eigenvalue weighted by atomic mass is 10.2. The lowest BCUT2D eigenvalue weighted by Gasteiger charge is -2.10. The van der Waals surface area contributed by atoms with Crippen LogP contribution in [-0.2, 0) is 29.1 Å². The van der Waals surface area contributed by atoms with Gasteiger partial charge >= 0.3 is 11.9 Å². The van der Waals surface area contributed by atoms with Gasteiger partial charge in [0.15, 0.2) is 6.61 Å². The zero-order valence-electron chi connectivity index (χ0n) is 14.3. The SMILES string of the molecule is CCNS(=O)(=O)c1cc(/C=C/C(=O)OCC(=O)OCC)ccc1OC. The summed E-state index contributed by atoms with van der Waals surface area (Å²) in [6.07, 6.45) is 2.46. The van der Waals surface area contributed by atoms with Crippen LogP contribution in [-0.4, -0.2) is 47.2 Å². The first-order chi connectivity index (χ1) is 11.8. The summed E-state index contributed by atoms with van der Waals surface area (Å²) in [5.74, 6) is -1.21. The molecule has 8 nitrogen and oxygen atoms in total. The summed E-state index contributed by atoms with van der Waals surface area (Å²) in [6.45, 7) is 3.24. The van der Waals surface area contributed by atoms with Crippen LogP contribution in [0.15, 0.2) is 29.2 Å². The van der Waals surface area contributed by atoms with Crippen LogP contribution >= 0.6 is 0 Å². The van der Waals surface area contributed by atoms with E-state index >= 15 is 0 Å². The maximum absolute atomic E-state index is 12.2. The van der Waals surface area contributed by atoms with Crippen LogP contribution in [0.25, 0.3) is 6.08 Å². The maximum Gasteiger partial charge on any atom is 0.344 e. The molecule has 0 heterocycles. The second kappa shape index (κ2) is 9.80. The molecule has 1 aromatic carbocycles. The molecular formula is C16H21NO7S. The number of methoxy groups -OCH3 is 1. The Bertz CT molecular complexity index is 741. The third kappa shape index (κ3) is 6.55. The third-order valence-electron chi connectivity index (χ3n) is 2.86. The molecule has 138 valence electrons. The monoisotopic (exact) mass is 371 g/mol. The van der Waals surface area contributed by atoms with Crippen molar-refractivity contribution in [3.05, 3.63) is 29.8 Å². The highest BCUT2D eigenvalue weighted by Gasteiger charge is 2.18. The Morgan fingerprint density at radius 1 is 1.20 bits per heavy atom. The first-order valence-electron chi connectivity index (χ1n) is 7.52. The highest BCUT2D eigenvalue weighted by Crippen LogP contribution is 2.25. The number of rotatable bonds is 9. The van der Waals surface area contributed by atoms with E-state index in [1.54, 1.807) is 19.9 Å². The zero-order chi connectivity index (χ0) is 18.9. The molecule has 1 N–H and O–H groups in total. The summed E-state index contributed by atoms with van der Waals surface area (Å²) in [5, 5.41) is 0. The smallest absolute Gasteiger partial charge is 0.344 e. The molecule has 0 saturated carbocycles. The van der Waals surface area contributed by atoms with Gasteiger partial charge in [-0.3, -0.25) is 0 Å². The fourth-order valence-electron chi connectivity index (χ4n) is 1.82. The number of ether oxygens (including phenoxy) is 3. The minimum atomic E-state index is -3.73. The number of nitrogens with one attached hydrogen (secondary N) is 1. The number of esters is 2. The fraction of sp³-hybridized carbons (Fsp3) is 0.375. The number of hydrogen-bond donors (Lipinski definition) is 1. The van der Waals surface area contributed by atoms with E-state index in [0.29, 0.717) is 5.56 Å². The van der Waals surface area contributed by atoms with Crippen molar-refractivity contribution >= 4 is 28.0 Å². The molecule has 0 bridgehead atoms. The first kappa shape index (κ1) is 20.7. The molecule has 9 heteroatoms. The lowest BCUT2D eigenvalue weighted by Crippen LogP contribution is -2.23. The number of carbonyl (C=O) groups excluding carboxylic acids is 2. The molecule has 0 aliphatic rings. The predicted molar refractivity (Wildman–Crippen MR) is 90.5 cm³/mol. The number of carbonyl (C=O) groups is 2. The summed E-state index contributed by atoms with van der Waals surface area (Å²) in [6, 6.07) is 4.43. The van der Waals surface area contributed by atoms with Gasteiger partial charge in [-0.25, -0.2) is 22.7 Å². The number of sulfonamides is 1. The van der Waals surface area contributed by atoms with Gasteiger partial charge in [-0.15, -0.1) is 0 Å². The van der Waals surface area contributed by atoms with E-state index in [0.717, 1.165) is 6.08 Å². The van der Waals surface area contributed by atoms with Crippen LogP contribution < -0.4 is 9.46 Å². The van der Waals surface area contributed by atoms with Crippen molar-refractivity contribution in [1.29, 1.82) is 0 Å². The van der Waals surface area contributed by atoms with Gasteiger partial charge in [0.1, 0.15) is 10.6 Å². The van der Waals surface area contributed by atoms with Gasteiger partial charge < -0.3 is 14.2 Å². The van der Waals surface area contributed by atoms with E-state index in [-0.39, 0.29) is 23.8 Å². The van der Waals surface area contributed by atoms with Gasteiger partial charge in [-0.1, -0.05) is 13.0 Å². The first-order valence-corrected chi connectivity index (χ1v) is 9.00. The lowest BCUT2D eigenvalue weighted by molar-refractivity contribution is -0.155. The van der Waals surface area contributed by atoms with Gasteiger partial charge in [0.05, 0.1) is 13.7 Å². The van der Waals surface area contributed by atoms with Crippen LogP contribution in [0.1, 0.15) is 19.4 Å². The molecule has 0 atom stereocenters. The molecule has 0 radical (unpaired) electrons. The Balaban J connectivity index is 2.89. The molecule has 0 amide bonds. The molecule has 25 heavy (non-hydrogen) atoms. The van der Waals surface area contributed by atoms with Crippen molar-refractivity contribution in [2.24, 2.45) is 0 Å². The van der Waals surface area contributed by atoms with Crippen molar-refractivity contribution in [2.75, 3.05) is 26.9 Å². The highest BCUT2D eigenvalue weighted by molar-refractivity contribution is 7.89. The summed E-state index contributed by atoms with van der Waals surface area (Å²) in [7, 11) is -2.36. The zero-order valence-corrected chi connectivity index (χ0v) is 15.1. The fourth-order valence-corrected chi connectivity index (χ4v) is 3.06. The van der Waals surface area contributed by atoms with Crippen molar-refractivity contribution in [2.45, 2.75) is 18.7 Å². The van der Waals surface area contributed by atoms with Crippen LogP contribution in [0.4, 0.5) is 0 Å². The normalized spacial score (nSPS) is 11.3. The molecule has 0 aromatic heterocycles. The molecule has 0 fully saturated rings. The van der Waals surface area contributed by atoms with Gasteiger partial charge in [-0.2, -0.15) is 0 Å². The molecule has 0 unspecified atom stereocenters. The quantitative estimate of drug-likeness (QED) is 0.512. The van der Waals surface area contributed by atoms with Crippen LogP contribution in [0.3, 0.4) is 0 Å². The Hall–Kier alpha value is -2.39. The Labute approximate surface area is 146 Å². The van der Waals surface area contributed by atoms with E-state index < -0.39 is 28.6 Å². The molecule has 0 aliphatic heterocycles. The minimum Gasteiger partial charge on any atom is -0.495 e. The molecule has 0 aliphatic carbocycles. The number of benzene rings is 1. The summed E-state index contributed by atoms with van der Waals surface area (Å²) in [4.78, 5) is 22.6. The van der Waals surface area contributed by atoms with Gasteiger partial charge in [-0.05, 0) is 30.7 Å². The molecular weight excluding hydrogens is 350 g/mol. The predicted octanol–water partition coefficient (Wildman–Crippen LogP) is 1.11. The Kier molecular flexibility index (Phi) is 8.09. The van der Waals surface area contributed by atoms with Crippen LogP contribution in [0.2, 0.25) is 0 Å². The van der Waals surface area contributed by atoms with Crippen molar-refractivity contribution < 1.29 is 32.2 Å². The van der Waals surface area contributed by atoms with Crippen LogP contribution in [0, 0.1) is 0 Å². The van der Waals surface area contributed by atoms with E-state index in [1.807, 2.05) is 0 Å². The molecule has 0 spiro atoms. The molecule has 1 aromatic rings. The molecule has 1 rings (SSSR count). The van der Waals surface area contributed by atoms with E-state index in [2.05, 4.69) is 9.46 Å². The molecule has 0 saturated heterocycles. The van der Waals surface area contributed by atoms with E-state index in [4.69, 9.17) is 9.47 Å². The van der Waals surface area contributed by atoms with Crippen molar-refractivity contribution in [3.8, 4) is 5.75 Å². The standard InChI is InChI=1S/C16H21NO7S/c1-4-17-25(20,21)14-10-12(6-8-13(14)22-3)7-9-15(18)24-11-16(19)23-5-2/h6-10,17H,4-5,11H2,1-3H3/b9-7+.